The Morgan fingerprint density at radius 2 is 2.00 bits per heavy atom. The monoisotopic (exact) mass is 166 g/mol. The summed E-state index contributed by atoms with van der Waals surface area (Å²) in [6.07, 6.45) is 1.20. The number of nitrogens with zero attached hydrogens (tertiary/aromatic N) is 1. The predicted octanol–water partition coefficient (Wildman–Crippen LogP) is -0.111. The lowest BCUT2D eigenvalue weighted by Gasteiger charge is -1.95. The predicted molar refractivity (Wildman–Crippen MR) is 38.6 cm³/mol. The van der Waals surface area contributed by atoms with Crippen molar-refractivity contribution in [3.05, 3.63) is 0 Å². The molecule has 0 fully saturated rings. The topological polar surface area (TPSA) is 68.5 Å². The highest BCUT2D eigenvalue weighted by atomic mass is 32.2. The van der Waals surface area contributed by atoms with E-state index in [-0.39, 0.29) is 5.75 Å². The summed E-state index contributed by atoms with van der Waals surface area (Å²) in [4.78, 5) is 0. The van der Waals surface area contributed by atoms with Crippen molar-refractivity contribution in [2.45, 2.75) is 12.8 Å². The van der Waals surface area contributed by atoms with Crippen LogP contribution in [0.4, 0.5) is 0 Å². The van der Waals surface area contributed by atoms with Crippen LogP contribution in [-0.4, -0.2) is 32.3 Å². The van der Waals surface area contributed by atoms with Gasteiger partial charge in [0.05, 0.1) is 5.75 Å². The molecule has 4 nitrogen and oxygen atoms in total. The van der Waals surface area contributed by atoms with E-state index in [0.29, 0.717) is 13.0 Å². The Labute approximate surface area is 61.4 Å². The van der Waals surface area contributed by atoms with Crippen LogP contribution in [0, 0.1) is 0 Å². The minimum absolute atomic E-state index is 0.150. The molecule has 0 unspecified atom stereocenters. The number of rotatable bonds is 5. The van der Waals surface area contributed by atoms with Gasteiger partial charge < -0.3 is 0 Å². The smallest absolute Gasteiger partial charge is 0.264 e. The SMILES string of the molecule is C[N]CCCCS(=O)(=O)O. The molecule has 1 N–H and O–H groups in total. The molecule has 0 bridgehead atoms. The van der Waals surface area contributed by atoms with Crippen LogP contribution in [0.25, 0.3) is 0 Å². The molecule has 0 heterocycles. The normalized spacial score (nSPS) is 11.8. The summed E-state index contributed by atoms with van der Waals surface area (Å²) < 4.78 is 28.5. The van der Waals surface area contributed by atoms with Crippen LogP contribution in [0.1, 0.15) is 12.8 Å². The first kappa shape index (κ1) is 9.87. The number of hydrogen-bond acceptors (Lipinski definition) is 2. The average Bonchev–Trinajstić information content (AvgIpc) is 1.78. The Hall–Kier alpha value is -0.130. The molecule has 0 aliphatic rings. The largest absolute Gasteiger partial charge is 0.286 e. The second kappa shape index (κ2) is 4.65. The fraction of sp³-hybridized carbons (Fsp3) is 1.00. The highest BCUT2D eigenvalue weighted by Gasteiger charge is 2.01. The van der Waals surface area contributed by atoms with Crippen molar-refractivity contribution in [2.75, 3.05) is 19.3 Å². The molecule has 0 amide bonds. The van der Waals surface area contributed by atoms with Gasteiger partial charge in [-0.1, -0.05) is 0 Å². The lowest BCUT2D eigenvalue weighted by Crippen LogP contribution is -2.06. The van der Waals surface area contributed by atoms with Gasteiger partial charge in [-0.3, -0.25) is 4.55 Å². The first-order chi connectivity index (χ1) is 4.56. The molecule has 0 rings (SSSR count). The first-order valence-corrected chi connectivity index (χ1v) is 4.68. The summed E-state index contributed by atoms with van der Waals surface area (Å²) in [7, 11) is -2.07. The average molecular weight is 166 g/mol. The molecule has 1 radical (unpaired) electrons. The molecule has 0 atom stereocenters. The molecule has 0 aromatic rings. The van der Waals surface area contributed by atoms with Crippen LogP contribution >= 0.6 is 0 Å². The molecule has 0 aromatic heterocycles. The highest BCUT2D eigenvalue weighted by Crippen LogP contribution is 1.92. The Balaban J connectivity index is 3.21. The van der Waals surface area contributed by atoms with E-state index < -0.39 is 10.1 Å². The van der Waals surface area contributed by atoms with Crippen molar-refractivity contribution in [2.24, 2.45) is 0 Å². The standard InChI is InChI=1S/C5H12NO3S/c1-6-4-2-3-5-10(7,8)9/h2-5H2,1H3,(H,7,8,9). The van der Waals surface area contributed by atoms with Crippen molar-refractivity contribution < 1.29 is 13.0 Å². The van der Waals surface area contributed by atoms with Crippen molar-refractivity contribution in [1.29, 1.82) is 0 Å². The summed E-state index contributed by atoms with van der Waals surface area (Å²) in [5, 5.41) is 3.78. The molecule has 0 aliphatic carbocycles. The van der Waals surface area contributed by atoms with Gasteiger partial charge in [0.1, 0.15) is 0 Å². The second-order valence-electron chi connectivity index (χ2n) is 2.03. The Kier molecular flexibility index (Phi) is 4.59. The van der Waals surface area contributed by atoms with E-state index in [9.17, 15) is 8.42 Å². The van der Waals surface area contributed by atoms with E-state index in [2.05, 4.69) is 5.32 Å². The van der Waals surface area contributed by atoms with E-state index >= 15 is 0 Å². The van der Waals surface area contributed by atoms with E-state index in [1.807, 2.05) is 0 Å². The molecular formula is C5H12NO3S. The Bertz CT molecular complexity index is 164. The van der Waals surface area contributed by atoms with Crippen LogP contribution in [0.3, 0.4) is 0 Å². The van der Waals surface area contributed by atoms with Crippen LogP contribution in [0.15, 0.2) is 0 Å². The van der Waals surface area contributed by atoms with Gasteiger partial charge in [0.25, 0.3) is 10.1 Å². The fourth-order valence-corrected chi connectivity index (χ4v) is 1.12. The van der Waals surface area contributed by atoms with Crippen molar-refractivity contribution in [3.8, 4) is 0 Å². The first-order valence-electron chi connectivity index (χ1n) is 3.07. The van der Waals surface area contributed by atoms with Gasteiger partial charge in [-0.25, -0.2) is 5.32 Å². The van der Waals surface area contributed by atoms with Crippen LogP contribution in [0.5, 0.6) is 0 Å². The van der Waals surface area contributed by atoms with Crippen molar-refractivity contribution >= 4 is 10.1 Å². The summed E-state index contributed by atoms with van der Waals surface area (Å²) >= 11 is 0. The lowest BCUT2D eigenvalue weighted by atomic mass is 10.3. The summed E-state index contributed by atoms with van der Waals surface area (Å²) in [6.45, 7) is 0.662. The number of hydrogen-bond donors (Lipinski definition) is 1. The van der Waals surface area contributed by atoms with E-state index in [4.69, 9.17) is 4.55 Å². The van der Waals surface area contributed by atoms with Crippen molar-refractivity contribution in [1.82, 2.24) is 5.32 Å². The lowest BCUT2D eigenvalue weighted by molar-refractivity contribution is 0.479. The second-order valence-corrected chi connectivity index (χ2v) is 3.61. The summed E-state index contributed by atoms with van der Waals surface area (Å²) in [5.74, 6) is -0.150. The van der Waals surface area contributed by atoms with Gasteiger partial charge in [-0.2, -0.15) is 8.42 Å². The zero-order valence-electron chi connectivity index (χ0n) is 5.95. The maximum absolute atomic E-state index is 10.1. The molecule has 61 valence electrons. The molecule has 0 saturated heterocycles. The summed E-state index contributed by atoms with van der Waals surface area (Å²) in [5.41, 5.74) is 0. The van der Waals surface area contributed by atoms with Crippen LogP contribution in [-0.2, 0) is 10.1 Å². The Morgan fingerprint density at radius 3 is 2.40 bits per heavy atom. The molecule has 0 spiro atoms. The zero-order chi connectivity index (χ0) is 8.04. The van der Waals surface area contributed by atoms with E-state index in [0.717, 1.165) is 6.42 Å². The molecule has 0 aliphatic heterocycles. The molecule has 5 heteroatoms. The Morgan fingerprint density at radius 1 is 1.40 bits per heavy atom. The summed E-state index contributed by atoms with van der Waals surface area (Å²) in [6, 6.07) is 0. The zero-order valence-corrected chi connectivity index (χ0v) is 6.76. The maximum atomic E-state index is 10.1. The van der Waals surface area contributed by atoms with E-state index in [1.165, 1.54) is 0 Å². The highest BCUT2D eigenvalue weighted by molar-refractivity contribution is 7.85. The third-order valence-corrected chi connectivity index (χ3v) is 1.84. The van der Waals surface area contributed by atoms with Gasteiger partial charge in [0.2, 0.25) is 0 Å². The van der Waals surface area contributed by atoms with Gasteiger partial charge >= 0.3 is 0 Å². The quantitative estimate of drug-likeness (QED) is 0.457. The number of unbranched alkanes of at least 4 members (excludes halogenated alkanes) is 1. The molecular weight excluding hydrogens is 154 g/mol. The van der Waals surface area contributed by atoms with Crippen LogP contribution in [0.2, 0.25) is 0 Å². The maximum Gasteiger partial charge on any atom is 0.264 e. The van der Waals surface area contributed by atoms with Crippen LogP contribution < -0.4 is 5.32 Å². The minimum Gasteiger partial charge on any atom is -0.286 e. The van der Waals surface area contributed by atoms with Crippen molar-refractivity contribution in [3.63, 3.8) is 0 Å². The van der Waals surface area contributed by atoms with Gasteiger partial charge in [0.15, 0.2) is 0 Å². The molecule has 0 aromatic carbocycles. The third kappa shape index (κ3) is 7.87. The van der Waals surface area contributed by atoms with Gasteiger partial charge in [0, 0.05) is 13.6 Å². The molecule has 10 heavy (non-hydrogen) atoms. The van der Waals surface area contributed by atoms with E-state index in [1.54, 1.807) is 7.05 Å². The van der Waals surface area contributed by atoms with Gasteiger partial charge in [-0.05, 0) is 12.8 Å². The molecule has 0 saturated carbocycles. The van der Waals surface area contributed by atoms with Gasteiger partial charge in [-0.15, -0.1) is 0 Å². The minimum atomic E-state index is -3.75. The fourth-order valence-electron chi connectivity index (χ4n) is 0.554. The third-order valence-electron chi connectivity index (χ3n) is 1.03.